The SMILES string of the molecule is CC(C)C1COC2(CCOCC2)O1. The van der Waals surface area contributed by atoms with Crippen molar-refractivity contribution in [3.8, 4) is 0 Å². The van der Waals surface area contributed by atoms with Gasteiger partial charge in [-0.15, -0.1) is 0 Å². The van der Waals surface area contributed by atoms with E-state index in [1.807, 2.05) is 0 Å². The van der Waals surface area contributed by atoms with E-state index in [9.17, 15) is 0 Å². The molecule has 0 bridgehead atoms. The average Bonchev–Trinajstić information content (AvgIpc) is 2.51. The van der Waals surface area contributed by atoms with E-state index in [1.54, 1.807) is 0 Å². The Labute approximate surface area is 79.4 Å². The molecule has 0 aromatic heterocycles. The zero-order valence-electron chi connectivity index (χ0n) is 8.41. The van der Waals surface area contributed by atoms with Gasteiger partial charge in [-0.1, -0.05) is 13.8 Å². The molecule has 2 fully saturated rings. The first-order chi connectivity index (χ1) is 6.22. The third-order valence-corrected chi connectivity index (χ3v) is 2.87. The summed E-state index contributed by atoms with van der Waals surface area (Å²) < 4.78 is 17.0. The lowest BCUT2D eigenvalue weighted by Gasteiger charge is -2.32. The summed E-state index contributed by atoms with van der Waals surface area (Å²) >= 11 is 0. The minimum Gasteiger partial charge on any atom is -0.381 e. The third kappa shape index (κ3) is 1.87. The van der Waals surface area contributed by atoms with Crippen LogP contribution in [-0.4, -0.2) is 31.7 Å². The van der Waals surface area contributed by atoms with Crippen LogP contribution in [0.5, 0.6) is 0 Å². The van der Waals surface area contributed by atoms with E-state index in [-0.39, 0.29) is 11.9 Å². The van der Waals surface area contributed by atoms with E-state index in [0.29, 0.717) is 5.92 Å². The molecule has 0 radical (unpaired) electrons. The van der Waals surface area contributed by atoms with Gasteiger partial charge in [0.05, 0.1) is 25.9 Å². The molecule has 2 rings (SSSR count). The van der Waals surface area contributed by atoms with Crippen LogP contribution in [0.3, 0.4) is 0 Å². The first kappa shape index (κ1) is 9.44. The molecule has 2 aliphatic heterocycles. The van der Waals surface area contributed by atoms with E-state index in [4.69, 9.17) is 14.2 Å². The molecule has 0 aromatic carbocycles. The predicted molar refractivity (Wildman–Crippen MR) is 48.4 cm³/mol. The summed E-state index contributed by atoms with van der Waals surface area (Å²) in [7, 11) is 0. The topological polar surface area (TPSA) is 27.7 Å². The second-order valence-electron chi connectivity index (χ2n) is 4.23. The van der Waals surface area contributed by atoms with Crippen LogP contribution in [0.15, 0.2) is 0 Å². The highest BCUT2D eigenvalue weighted by molar-refractivity contribution is 4.82. The second kappa shape index (κ2) is 3.56. The lowest BCUT2D eigenvalue weighted by atomic mass is 10.1. The van der Waals surface area contributed by atoms with Gasteiger partial charge in [-0.3, -0.25) is 0 Å². The highest BCUT2D eigenvalue weighted by Crippen LogP contribution is 2.35. The molecule has 1 unspecified atom stereocenters. The molecule has 1 atom stereocenters. The molecule has 3 nitrogen and oxygen atoms in total. The van der Waals surface area contributed by atoms with Crippen molar-refractivity contribution < 1.29 is 14.2 Å². The second-order valence-corrected chi connectivity index (χ2v) is 4.23. The van der Waals surface area contributed by atoms with Crippen LogP contribution >= 0.6 is 0 Å². The Morgan fingerprint density at radius 2 is 1.92 bits per heavy atom. The summed E-state index contributed by atoms with van der Waals surface area (Å²) in [5.41, 5.74) is 0. The first-order valence-corrected chi connectivity index (χ1v) is 5.11. The molecule has 1 spiro atoms. The van der Waals surface area contributed by atoms with Crippen molar-refractivity contribution in [3.05, 3.63) is 0 Å². The summed E-state index contributed by atoms with van der Waals surface area (Å²) in [4.78, 5) is 0. The molecule has 0 aliphatic carbocycles. The fourth-order valence-electron chi connectivity index (χ4n) is 1.85. The zero-order chi connectivity index (χ0) is 9.31. The van der Waals surface area contributed by atoms with Crippen LogP contribution in [0.4, 0.5) is 0 Å². The largest absolute Gasteiger partial charge is 0.381 e. The highest BCUT2D eigenvalue weighted by atomic mass is 16.7. The van der Waals surface area contributed by atoms with E-state index in [0.717, 1.165) is 32.7 Å². The molecule has 0 N–H and O–H groups in total. The minimum absolute atomic E-state index is 0.276. The smallest absolute Gasteiger partial charge is 0.173 e. The summed E-state index contributed by atoms with van der Waals surface area (Å²) in [6, 6.07) is 0. The number of hydrogen-bond donors (Lipinski definition) is 0. The maximum atomic E-state index is 5.95. The molecular weight excluding hydrogens is 168 g/mol. The molecule has 2 heterocycles. The van der Waals surface area contributed by atoms with E-state index in [1.165, 1.54) is 0 Å². The molecule has 2 aliphatic rings. The fraction of sp³-hybridized carbons (Fsp3) is 1.00. The normalized spacial score (nSPS) is 33.0. The number of hydrogen-bond acceptors (Lipinski definition) is 3. The van der Waals surface area contributed by atoms with Crippen molar-refractivity contribution >= 4 is 0 Å². The lowest BCUT2D eigenvalue weighted by Crippen LogP contribution is -2.38. The fourth-order valence-corrected chi connectivity index (χ4v) is 1.85. The Bertz CT molecular complexity index is 173. The van der Waals surface area contributed by atoms with Crippen molar-refractivity contribution in [2.24, 2.45) is 5.92 Å². The summed E-state index contributed by atoms with van der Waals surface area (Å²) in [6.07, 6.45) is 2.05. The Kier molecular flexibility index (Phi) is 2.58. The monoisotopic (exact) mass is 186 g/mol. The van der Waals surface area contributed by atoms with Crippen molar-refractivity contribution in [2.75, 3.05) is 19.8 Å². The van der Waals surface area contributed by atoms with E-state index >= 15 is 0 Å². The Hall–Kier alpha value is -0.120. The Morgan fingerprint density at radius 3 is 2.46 bits per heavy atom. The van der Waals surface area contributed by atoms with Gasteiger partial charge >= 0.3 is 0 Å². The summed E-state index contributed by atoms with van der Waals surface area (Å²) in [6.45, 7) is 6.63. The molecule has 0 saturated carbocycles. The van der Waals surface area contributed by atoms with Gasteiger partial charge < -0.3 is 14.2 Å². The maximum Gasteiger partial charge on any atom is 0.173 e. The Morgan fingerprint density at radius 1 is 1.23 bits per heavy atom. The van der Waals surface area contributed by atoms with Gasteiger partial charge in [0.1, 0.15) is 0 Å². The van der Waals surface area contributed by atoms with Crippen molar-refractivity contribution in [1.29, 1.82) is 0 Å². The van der Waals surface area contributed by atoms with Crippen LogP contribution in [-0.2, 0) is 14.2 Å². The molecule has 2 saturated heterocycles. The van der Waals surface area contributed by atoms with Crippen molar-refractivity contribution in [1.82, 2.24) is 0 Å². The molecule has 76 valence electrons. The van der Waals surface area contributed by atoms with Crippen LogP contribution in [0.1, 0.15) is 26.7 Å². The minimum atomic E-state index is -0.298. The van der Waals surface area contributed by atoms with Crippen molar-refractivity contribution in [3.63, 3.8) is 0 Å². The molecular formula is C10H18O3. The summed E-state index contributed by atoms with van der Waals surface area (Å²) in [5, 5.41) is 0. The van der Waals surface area contributed by atoms with Gasteiger partial charge in [0.15, 0.2) is 5.79 Å². The number of ether oxygens (including phenoxy) is 3. The van der Waals surface area contributed by atoms with Crippen LogP contribution < -0.4 is 0 Å². The first-order valence-electron chi connectivity index (χ1n) is 5.11. The predicted octanol–water partition coefficient (Wildman–Crippen LogP) is 1.56. The Balaban J connectivity index is 1.94. The van der Waals surface area contributed by atoms with Gasteiger partial charge in [-0.25, -0.2) is 0 Å². The standard InChI is InChI=1S/C10H18O3/c1-8(2)9-7-12-10(13-9)3-5-11-6-4-10/h8-9H,3-7H2,1-2H3. The molecule has 3 heteroatoms. The van der Waals surface area contributed by atoms with Crippen LogP contribution in [0.25, 0.3) is 0 Å². The van der Waals surface area contributed by atoms with E-state index in [2.05, 4.69) is 13.8 Å². The van der Waals surface area contributed by atoms with Crippen LogP contribution in [0, 0.1) is 5.92 Å². The van der Waals surface area contributed by atoms with Crippen LogP contribution in [0.2, 0.25) is 0 Å². The lowest BCUT2D eigenvalue weighted by molar-refractivity contribution is -0.213. The van der Waals surface area contributed by atoms with Gasteiger partial charge in [-0.2, -0.15) is 0 Å². The van der Waals surface area contributed by atoms with Gasteiger partial charge in [0.2, 0.25) is 0 Å². The average molecular weight is 186 g/mol. The number of rotatable bonds is 1. The van der Waals surface area contributed by atoms with Gasteiger partial charge in [-0.05, 0) is 5.92 Å². The molecule has 0 amide bonds. The van der Waals surface area contributed by atoms with E-state index < -0.39 is 0 Å². The zero-order valence-corrected chi connectivity index (χ0v) is 8.41. The van der Waals surface area contributed by atoms with Crippen molar-refractivity contribution in [2.45, 2.75) is 38.6 Å². The summed E-state index contributed by atoms with van der Waals surface area (Å²) in [5.74, 6) is 0.245. The van der Waals surface area contributed by atoms with Gasteiger partial charge in [0.25, 0.3) is 0 Å². The maximum absolute atomic E-state index is 5.95. The third-order valence-electron chi connectivity index (χ3n) is 2.87. The van der Waals surface area contributed by atoms with Gasteiger partial charge in [0, 0.05) is 12.8 Å². The molecule has 13 heavy (non-hydrogen) atoms. The quantitative estimate of drug-likeness (QED) is 0.622. The highest BCUT2D eigenvalue weighted by Gasteiger charge is 2.43. The molecule has 0 aromatic rings.